The first-order valence-electron chi connectivity index (χ1n) is 7.90. The Kier molecular flexibility index (Phi) is 5.22. The standard InChI is InChI=1S/C18H18N4O3S/c1-4-9-26-18-21-15-14(16(23)22-18)13(11-5-7-19-8-6-11)12(10(2)20-15)17(24)25-3/h4-8,13H,1,9H2,2-3H3,(H2,20,21,22,23)/t13-/m0/s1. The van der Waals surface area contributed by atoms with E-state index in [1.165, 1.54) is 18.9 Å². The van der Waals surface area contributed by atoms with E-state index in [0.717, 1.165) is 5.56 Å². The minimum absolute atomic E-state index is 0.301. The second-order valence-electron chi connectivity index (χ2n) is 5.60. The normalized spacial score (nSPS) is 15.8. The maximum Gasteiger partial charge on any atom is 0.336 e. The molecule has 26 heavy (non-hydrogen) atoms. The highest BCUT2D eigenvalue weighted by molar-refractivity contribution is 7.99. The molecule has 0 saturated carbocycles. The van der Waals surface area contributed by atoms with Crippen molar-refractivity contribution in [2.75, 3.05) is 18.2 Å². The van der Waals surface area contributed by atoms with Gasteiger partial charge in [-0.15, -0.1) is 6.58 Å². The van der Waals surface area contributed by atoms with Gasteiger partial charge in [0.2, 0.25) is 0 Å². The summed E-state index contributed by atoms with van der Waals surface area (Å²) in [5, 5.41) is 3.57. The fourth-order valence-electron chi connectivity index (χ4n) is 2.91. The molecule has 0 bridgehead atoms. The summed E-state index contributed by atoms with van der Waals surface area (Å²) in [7, 11) is 1.32. The van der Waals surface area contributed by atoms with Crippen LogP contribution in [0, 0.1) is 0 Å². The molecule has 2 aromatic rings. The number of nitrogens with one attached hydrogen (secondary N) is 2. The van der Waals surface area contributed by atoms with Gasteiger partial charge in [-0.3, -0.25) is 9.78 Å². The average molecular weight is 370 g/mol. The zero-order chi connectivity index (χ0) is 18.7. The number of nitrogens with zero attached hydrogens (tertiary/aromatic N) is 2. The number of aromatic amines is 1. The molecule has 0 amide bonds. The number of hydrogen-bond acceptors (Lipinski definition) is 7. The van der Waals surface area contributed by atoms with Crippen LogP contribution in [0.5, 0.6) is 0 Å². The molecule has 134 valence electrons. The van der Waals surface area contributed by atoms with E-state index in [4.69, 9.17) is 4.74 Å². The van der Waals surface area contributed by atoms with Gasteiger partial charge in [-0.05, 0) is 24.6 Å². The molecule has 1 atom stereocenters. The summed E-state index contributed by atoms with van der Waals surface area (Å²) in [5.41, 5.74) is 1.82. The highest BCUT2D eigenvalue weighted by Crippen LogP contribution is 2.39. The molecular weight excluding hydrogens is 352 g/mol. The van der Waals surface area contributed by atoms with E-state index < -0.39 is 11.9 Å². The van der Waals surface area contributed by atoms with Gasteiger partial charge in [0.05, 0.1) is 24.2 Å². The predicted molar refractivity (Wildman–Crippen MR) is 100 cm³/mol. The van der Waals surface area contributed by atoms with Crippen molar-refractivity contribution in [2.24, 2.45) is 0 Å². The number of thioether (sulfide) groups is 1. The van der Waals surface area contributed by atoms with Crippen molar-refractivity contribution in [3.63, 3.8) is 0 Å². The molecule has 7 nitrogen and oxygen atoms in total. The van der Waals surface area contributed by atoms with Crippen molar-refractivity contribution in [3.05, 3.63) is 69.9 Å². The Bertz CT molecular complexity index is 937. The molecule has 2 N–H and O–H groups in total. The number of carbonyl (C=O) groups excluding carboxylic acids is 1. The van der Waals surface area contributed by atoms with Crippen LogP contribution in [0.4, 0.5) is 5.82 Å². The maximum atomic E-state index is 12.8. The van der Waals surface area contributed by atoms with Gasteiger partial charge in [0, 0.05) is 23.8 Å². The van der Waals surface area contributed by atoms with Crippen LogP contribution in [0.2, 0.25) is 0 Å². The summed E-state index contributed by atoms with van der Waals surface area (Å²) in [6, 6.07) is 3.55. The summed E-state index contributed by atoms with van der Waals surface area (Å²) in [6.07, 6.45) is 4.98. The van der Waals surface area contributed by atoms with E-state index in [1.54, 1.807) is 37.5 Å². The fraction of sp³-hybridized carbons (Fsp3) is 0.222. The van der Waals surface area contributed by atoms with Crippen molar-refractivity contribution in [3.8, 4) is 0 Å². The van der Waals surface area contributed by atoms with Crippen LogP contribution in [0.25, 0.3) is 0 Å². The van der Waals surface area contributed by atoms with Gasteiger partial charge in [0.15, 0.2) is 5.16 Å². The van der Waals surface area contributed by atoms with Crippen LogP contribution in [0.15, 0.2) is 58.4 Å². The first-order chi connectivity index (χ1) is 12.6. The number of rotatable bonds is 5. The van der Waals surface area contributed by atoms with Crippen LogP contribution in [0.1, 0.15) is 24.0 Å². The second-order valence-corrected chi connectivity index (χ2v) is 6.61. The van der Waals surface area contributed by atoms with Crippen LogP contribution in [-0.2, 0) is 9.53 Å². The number of pyridine rings is 1. The van der Waals surface area contributed by atoms with Crippen molar-refractivity contribution >= 4 is 23.5 Å². The molecule has 0 saturated heterocycles. The number of anilines is 1. The molecule has 0 aromatic carbocycles. The summed E-state index contributed by atoms with van der Waals surface area (Å²) >= 11 is 1.37. The van der Waals surface area contributed by atoms with Gasteiger partial charge >= 0.3 is 5.97 Å². The molecule has 0 aliphatic carbocycles. The third-order valence-corrected chi connectivity index (χ3v) is 4.87. The van der Waals surface area contributed by atoms with Crippen molar-refractivity contribution in [1.82, 2.24) is 15.0 Å². The third-order valence-electron chi connectivity index (χ3n) is 4.00. The summed E-state index contributed by atoms with van der Waals surface area (Å²) in [4.78, 5) is 36.5. The first kappa shape index (κ1) is 17.9. The molecule has 1 aliphatic rings. The minimum Gasteiger partial charge on any atom is -0.466 e. The molecule has 8 heteroatoms. The van der Waals surface area contributed by atoms with E-state index in [1.807, 2.05) is 0 Å². The topological polar surface area (TPSA) is 97.0 Å². The molecule has 0 spiro atoms. The molecule has 0 unspecified atom stereocenters. The number of carbonyl (C=O) groups is 1. The van der Waals surface area contributed by atoms with Gasteiger partial charge in [-0.2, -0.15) is 0 Å². The fourth-order valence-corrected chi connectivity index (χ4v) is 3.50. The largest absolute Gasteiger partial charge is 0.466 e. The Hall–Kier alpha value is -2.87. The van der Waals surface area contributed by atoms with Crippen LogP contribution in [0.3, 0.4) is 0 Å². The number of aromatic nitrogens is 3. The number of hydrogen-bond donors (Lipinski definition) is 2. The Morgan fingerprint density at radius 2 is 2.15 bits per heavy atom. The van der Waals surface area contributed by atoms with E-state index >= 15 is 0 Å². The van der Waals surface area contributed by atoms with E-state index in [-0.39, 0.29) is 5.56 Å². The molecule has 2 aromatic heterocycles. The lowest BCUT2D eigenvalue weighted by atomic mass is 9.83. The highest BCUT2D eigenvalue weighted by atomic mass is 32.2. The maximum absolute atomic E-state index is 12.8. The van der Waals surface area contributed by atoms with Gasteiger partial charge in [0.1, 0.15) is 5.82 Å². The third kappa shape index (κ3) is 3.28. The Morgan fingerprint density at radius 1 is 1.42 bits per heavy atom. The number of fused-ring (bicyclic) bond motifs is 1. The molecule has 3 heterocycles. The molecule has 0 fully saturated rings. The van der Waals surface area contributed by atoms with E-state index in [9.17, 15) is 9.59 Å². The Labute approximate surface area is 154 Å². The van der Waals surface area contributed by atoms with E-state index in [0.29, 0.717) is 33.6 Å². The number of ether oxygens (including phenoxy) is 1. The van der Waals surface area contributed by atoms with Crippen molar-refractivity contribution < 1.29 is 9.53 Å². The van der Waals surface area contributed by atoms with Gasteiger partial charge in [0.25, 0.3) is 5.56 Å². The second kappa shape index (κ2) is 7.57. The van der Waals surface area contributed by atoms with Crippen LogP contribution >= 0.6 is 11.8 Å². The Balaban J connectivity index is 2.20. The molecule has 0 radical (unpaired) electrons. The lowest BCUT2D eigenvalue weighted by Gasteiger charge is -2.28. The number of methoxy groups -OCH3 is 1. The monoisotopic (exact) mass is 370 g/mol. The molecule has 1 aliphatic heterocycles. The van der Waals surface area contributed by atoms with Crippen LogP contribution < -0.4 is 10.9 Å². The van der Waals surface area contributed by atoms with Gasteiger partial charge < -0.3 is 15.0 Å². The summed E-state index contributed by atoms with van der Waals surface area (Å²) in [5.74, 6) is -0.0202. The quantitative estimate of drug-likeness (QED) is 0.361. The van der Waals surface area contributed by atoms with Gasteiger partial charge in [-0.1, -0.05) is 17.8 Å². The SMILES string of the molecule is C=CCSc1nc2c(c(=O)[nH]1)[C@@H](c1ccncc1)C(C(=O)OC)=C(C)N2. The van der Waals surface area contributed by atoms with Gasteiger partial charge in [-0.25, -0.2) is 9.78 Å². The van der Waals surface area contributed by atoms with E-state index in [2.05, 4.69) is 26.8 Å². The van der Waals surface area contributed by atoms with Crippen LogP contribution in [-0.4, -0.2) is 33.8 Å². The summed E-state index contributed by atoms with van der Waals surface area (Å²) < 4.78 is 4.94. The van der Waals surface area contributed by atoms with Crippen molar-refractivity contribution in [1.29, 1.82) is 0 Å². The Morgan fingerprint density at radius 3 is 2.81 bits per heavy atom. The number of H-pyrrole nitrogens is 1. The lowest BCUT2D eigenvalue weighted by Crippen LogP contribution is -2.31. The minimum atomic E-state index is -0.587. The average Bonchev–Trinajstić information content (AvgIpc) is 2.65. The highest BCUT2D eigenvalue weighted by Gasteiger charge is 2.36. The van der Waals surface area contributed by atoms with Crippen molar-refractivity contribution in [2.45, 2.75) is 18.0 Å². The molecule has 3 rings (SSSR count). The summed E-state index contributed by atoms with van der Waals surface area (Å²) in [6.45, 7) is 5.43. The smallest absolute Gasteiger partial charge is 0.336 e. The lowest BCUT2D eigenvalue weighted by molar-refractivity contribution is -0.136. The zero-order valence-corrected chi connectivity index (χ0v) is 15.2. The number of allylic oxidation sites excluding steroid dienone is 1. The predicted octanol–water partition coefficient (Wildman–Crippen LogP) is 2.45. The molecular formula is C18H18N4O3S. The zero-order valence-electron chi connectivity index (χ0n) is 14.4. The number of esters is 1. The first-order valence-corrected chi connectivity index (χ1v) is 8.89.